The summed E-state index contributed by atoms with van der Waals surface area (Å²) in [7, 11) is 0. The Morgan fingerprint density at radius 3 is 0.722 bits per heavy atom. The van der Waals surface area contributed by atoms with E-state index in [9.17, 15) is 39.5 Å². The summed E-state index contributed by atoms with van der Waals surface area (Å²) in [5.74, 6) is 0. The van der Waals surface area contributed by atoms with Gasteiger partial charge in [-0.1, -0.05) is 0 Å². The summed E-state index contributed by atoms with van der Waals surface area (Å²) in [6, 6.07) is -1.10. The fourth-order valence-electron chi connectivity index (χ4n) is 1.12. The van der Waals surface area contributed by atoms with Crippen LogP contribution in [0.4, 0.5) is 39.5 Å². The van der Waals surface area contributed by atoms with Gasteiger partial charge in [-0.15, -0.1) is 0 Å². The minimum atomic E-state index is -5.29. The third-order valence-electron chi connectivity index (χ3n) is 1.91. The first-order valence-electron chi connectivity index (χ1n) is 4.18. The van der Waals surface area contributed by atoms with Gasteiger partial charge in [-0.2, -0.15) is 39.5 Å². The maximum Gasteiger partial charge on any atom is 0.416 e. The van der Waals surface area contributed by atoms with Crippen molar-refractivity contribution in [3.8, 4) is 0 Å². The lowest BCUT2D eigenvalue weighted by atomic mass is 10.0. The second-order valence-corrected chi connectivity index (χ2v) is 3.29. The van der Waals surface area contributed by atoms with Gasteiger partial charge in [0.2, 0.25) is 0 Å². The zero-order chi connectivity index (χ0) is 14.4. The first-order chi connectivity index (χ1) is 7.82. The van der Waals surface area contributed by atoms with Gasteiger partial charge in [0, 0.05) is 0 Å². The third-order valence-corrected chi connectivity index (χ3v) is 1.91. The summed E-state index contributed by atoms with van der Waals surface area (Å²) in [4.78, 5) is 0. The molecule has 0 radical (unpaired) electrons. The van der Waals surface area contributed by atoms with Crippen LogP contribution < -0.4 is 0 Å². The van der Waals surface area contributed by atoms with Crippen LogP contribution in [-0.2, 0) is 18.5 Å². The summed E-state index contributed by atoms with van der Waals surface area (Å²) in [6.45, 7) is 0. The molecule has 9 heteroatoms. The van der Waals surface area contributed by atoms with Gasteiger partial charge >= 0.3 is 18.5 Å². The van der Waals surface area contributed by atoms with Crippen LogP contribution in [0.3, 0.4) is 0 Å². The predicted octanol–water partition coefficient (Wildman–Crippen LogP) is 4.74. The van der Waals surface area contributed by atoms with E-state index in [2.05, 4.69) is 0 Å². The van der Waals surface area contributed by atoms with E-state index in [1.807, 2.05) is 0 Å². The molecule has 1 aromatic rings. The highest BCUT2D eigenvalue weighted by atomic mass is 19.4. The van der Waals surface area contributed by atoms with Crippen molar-refractivity contribution in [2.24, 2.45) is 0 Å². The first kappa shape index (κ1) is 14.7. The molecule has 102 valence electrons. The monoisotopic (exact) mass is 282 g/mol. The standard InChI is InChI=1S/C9H3F9/c10-7(11,12)4-1-5(8(13,14)15)3-6(2-4)9(16,17)18/h1-3H. The minimum absolute atomic E-state index is 0.366. The van der Waals surface area contributed by atoms with Crippen LogP contribution >= 0.6 is 0 Å². The maximum atomic E-state index is 12.2. The van der Waals surface area contributed by atoms with E-state index in [1.165, 1.54) is 0 Å². The number of halogens is 9. The van der Waals surface area contributed by atoms with Crippen molar-refractivity contribution in [3.63, 3.8) is 0 Å². The van der Waals surface area contributed by atoms with Gasteiger partial charge in [-0.3, -0.25) is 0 Å². The number of benzene rings is 1. The highest BCUT2D eigenvalue weighted by Gasteiger charge is 2.41. The van der Waals surface area contributed by atoms with Gasteiger partial charge in [-0.25, -0.2) is 0 Å². The fraction of sp³-hybridized carbons (Fsp3) is 0.333. The van der Waals surface area contributed by atoms with Crippen LogP contribution in [0.2, 0.25) is 0 Å². The van der Waals surface area contributed by atoms with Gasteiger partial charge in [0.15, 0.2) is 0 Å². The Labute approximate surface area is 94.0 Å². The maximum absolute atomic E-state index is 12.2. The summed E-state index contributed by atoms with van der Waals surface area (Å²) in [5, 5.41) is 0. The molecule has 0 nitrogen and oxygen atoms in total. The zero-order valence-corrected chi connectivity index (χ0v) is 8.13. The molecule has 0 spiro atoms. The molecule has 0 fully saturated rings. The van der Waals surface area contributed by atoms with Crippen LogP contribution in [-0.4, -0.2) is 0 Å². The average Bonchev–Trinajstić information content (AvgIpc) is 2.13. The van der Waals surface area contributed by atoms with Crippen molar-refractivity contribution in [1.82, 2.24) is 0 Å². The number of hydrogen-bond acceptors (Lipinski definition) is 0. The molecule has 0 amide bonds. The Morgan fingerprint density at radius 2 is 0.611 bits per heavy atom. The molecule has 0 heterocycles. The lowest BCUT2D eigenvalue weighted by Crippen LogP contribution is -2.15. The highest BCUT2D eigenvalue weighted by Crippen LogP contribution is 2.40. The van der Waals surface area contributed by atoms with Gasteiger partial charge < -0.3 is 0 Å². The van der Waals surface area contributed by atoms with E-state index in [0.717, 1.165) is 0 Å². The van der Waals surface area contributed by atoms with E-state index < -0.39 is 35.2 Å². The number of alkyl halides is 9. The van der Waals surface area contributed by atoms with E-state index in [4.69, 9.17) is 0 Å². The number of rotatable bonds is 0. The summed E-state index contributed by atoms with van der Waals surface area (Å²) < 4.78 is 110. The van der Waals surface area contributed by atoms with Gasteiger partial charge in [-0.05, 0) is 18.2 Å². The Bertz CT molecular complexity index is 356. The highest BCUT2D eigenvalue weighted by molar-refractivity contribution is 5.35. The zero-order valence-electron chi connectivity index (χ0n) is 8.13. The van der Waals surface area contributed by atoms with Crippen LogP contribution in [0, 0.1) is 0 Å². The Morgan fingerprint density at radius 1 is 0.444 bits per heavy atom. The summed E-state index contributed by atoms with van der Waals surface area (Å²) >= 11 is 0. The van der Waals surface area contributed by atoms with E-state index in [0.29, 0.717) is 0 Å². The molecule has 1 aromatic carbocycles. The van der Waals surface area contributed by atoms with E-state index in [-0.39, 0.29) is 18.2 Å². The fourth-order valence-corrected chi connectivity index (χ4v) is 1.12. The predicted molar refractivity (Wildman–Crippen MR) is 41.4 cm³/mol. The Hall–Kier alpha value is -1.41. The molecule has 0 saturated carbocycles. The average molecular weight is 282 g/mol. The molecule has 0 unspecified atom stereocenters. The van der Waals surface area contributed by atoms with Gasteiger partial charge in [0.25, 0.3) is 0 Å². The Balaban J connectivity index is 3.49. The molecule has 0 aliphatic heterocycles. The van der Waals surface area contributed by atoms with Crippen molar-refractivity contribution >= 4 is 0 Å². The molecule has 0 aromatic heterocycles. The smallest absolute Gasteiger partial charge is 0.166 e. The van der Waals surface area contributed by atoms with Crippen molar-refractivity contribution in [3.05, 3.63) is 34.9 Å². The van der Waals surface area contributed by atoms with E-state index >= 15 is 0 Å². The molecule has 0 bridgehead atoms. The van der Waals surface area contributed by atoms with Crippen LogP contribution in [0.15, 0.2) is 18.2 Å². The molecule has 0 aliphatic rings. The molecule has 18 heavy (non-hydrogen) atoms. The topological polar surface area (TPSA) is 0 Å². The van der Waals surface area contributed by atoms with Gasteiger partial charge in [0.05, 0.1) is 16.7 Å². The molecular weight excluding hydrogens is 279 g/mol. The molecule has 0 aliphatic carbocycles. The normalized spacial score (nSPS) is 13.8. The molecule has 0 atom stereocenters. The van der Waals surface area contributed by atoms with Crippen molar-refractivity contribution in [2.75, 3.05) is 0 Å². The quantitative estimate of drug-likeness (QED) is 0.603. The van der Waals surface area contributed by atoms with Crippen LogP contribution in [0.25, 0.3) is 0 Å². The molecule has 0 saturated heterocycles. The molecule has 0 N–H and O–H groups in total. The van der Waals surface area contributed by atoms with Crippen LogP contribution in [0.5, 0.6) is 0 Å². The van der Waals surface area contributed by atoms with Gasteiger partial charge in [0.1, 0.15) is 0 Å². The van der Waals surface area contributed by atoms with Crippen LogP contribution in [0.1, 0.15) is 16.7 Å². The third kappa shape index (κ3) is 3.30. The lowest BCUT2D eigenvalue weighted by Gasteiger charge is -2.15. The minimum Gasteiger partial charge on any atom is -0.166 e. The molecular formula is C9H3F9. The lowest BCUT2D eigenvalue weighted by molar-refractivity contribution is -0.148. The Kier molecular flexibility index (Phi) is 3.30. The van der Waals surface area contributed by atoms with Crippen molar-refractivity contribution in [1.29, 1.82) is 0 Å². The second kappa shape index (κ2) is 4.06. The first-order valence-corrected chi connectivity index (χ1v) is 4.18. The van der Waals surface area contributed by atoms with Crippen molar-refractivity contribution in [2.45, 2.75) is 18.5 Å². The summed E-state index contributed by atoms with van der Waals surface area (Å²) in [6.07, 6.45) is -15.9. The number of hydrogen-bond donors (Lipinski definition) is 0. The van der Waals surface area contributed by atoms with E-state index in [1.54, 1.807) is 0 Å². The SMILES string of the molecule is FC(F)(F)c1cc(C(F)(F)F)cc(C(F)(F)F)c1. The molecule has 1 rings (SSSR count). The van der Waals surface area contributed by atoms with Crippen molar-refractivity contribution < 1.29 is 39.5 Å². The second-order valence-electron chi connectivity index (χ2n) is 3.29. The summed E-state index contributed by atoms with van der Waals surface area (Å²) in [5.41, 5.74) is -5.99. The largest absolute Gasteiger partial charge is 0.416 e.